The monoisotopic (exact) mass is 389 g/mol. The summed E-state index contributed by atoms with van der Waals surface area (Å²) in [4.78, 5) is 14.8. The number of allylic oxidation sites excluding steroid dienone is 3. The van der Waals surface area contributed by atoms with Gasteiger partial charge in [-0.2, -0.15) is 5.26 Å². The van der Waals surface area contributed by atoms with Crippen LogP contribution in [0.5, 0.6) is 5.75 Å². The first kappa shape index (κ1) is 19.0. The normalized spacial score (nSPS) is 11.4. The maximum atomic E-state index is 10.7. The van der Waals surface area contributed by atoms with Crippen molar-refractivity contribution in [2.24, 2.45) is 0 Å². The fourth-order valence-corrected chi connectivity index (χ4v) is 3.21. The van der Waals surface area contributed by atoms with Crippen molar-refractivity contribution < 1.29 is 9.66 Å². The third-order valence-electron chi connectivity index (χ3n) is 3.90. The van der Waals surface area contributed by atoms with E-state index in [2.05, 4.69) is 11.1 Å². The predicted octanol–water partition coefficient (Wildman–Crippen LogP) is 5.35. The maximum absolute atomic E-state index is 10.7. The zero-order chi connectivity index (χ0) is 19.9. The Labute approximate surface area is 165 Å². The molecular weight excluding hydrogens is 374 g/mol. The molecule has 0 atom stereocenters. The Morgan fingerprint density at radius 2 is 1.93 bits per heavy atom. The molecule has 7 heteroatoms. The number of ether oxygens (including phenoxy) is 1. The minimum atomic E-state index is -0.440. The van der Waals surface area contributed by atoms with Crippen LogP contribution >= 0.6 is 11.3 Å². The third-order valence-corrected chi connectivity index (χ3v) is 4.77. The molecule has 0 radical (unpaired) electrons. The van der Waals surface area contributed by atoms with Crippen LogP contribution in [-0.4, -0.2) is 17.0 Å². The lowest BCUT2D eigenvalue weighted by molar-refractivity contribution is -0.384. The van der Waals surface area contributed by atoms with Crippen molar-refractivity contribution in [3.63, 3.8) is 0 Å². The van der Waals surface area contributed by atoms with Crippen molar-refractivity contribution >= 4 is 28.7 Å². The van der Waals surface area contributed by atoms with Gasteiger partial charge in [0, 0.05) is 23.1 Å². The van der Waals surface area contributed by atoms with E-state index in [1.54, 1.807) is 37.5 Å². The highest BCUT2D eigenvalue weighted by molar-refractivity contribution is 7.11. The Balaban J connectivity index is 1.76. The van der Waals surface area contributed by atoms with Crippen LogP contribution in [0.1, 0.15) is 10.6 Å². The Kier molecular flexibility index (Phi) is 5.94. The van der Waals surface area contributed by atoms with Gasteiger partial charge in [-0.25, -0.2) is 4.98 Å². The van der Waals surface area contributed by atoms with Crippen LogP contribution in [0.4, 0.5) is 5.69 Å². The molecule has 0 aliphatic rings. The van der Waals surface area contributed by atoms with Crippen LogP contribution in [0.25, 0.3) is 22.9 Å². The van der Waals surface area contributed by atoms with Crippen LogP contribution in [-0.2, 0) is 0 Å². The number of hydrogen-bond donors (Lipinski definition) is 0. The summed E-state index contributed by atoms with van der Waals surface area (Å²) in [6.07, 6.45) is 5.19. The van der Waals surface area contributed by atoms with Crippen molar-refractivity contribution in [3.05, 3.63) is 86.7 Å². The number of rotatable bonds is 6. The summed E-state index contributed by atoms with van der Waals surface area (Å²) in [5, 5.41) is 22.7. The van der Waals surface area contributed by atoms with Crippen LogP contribution < -0.4 is 4.74 Å². The summed E-state index contributed by atoms with van der Waals surface area (Å²) in [7, 11) is 1.62. The SMILES string of the molecule is COc1ccc(-c2csc(/C(C#N)=C\C=C/c3ccc([N+](=O)[O-])cc3)n2)cc1. The van der Waals surface area contributed by atoms with E-state index in [0.717, 1.165) is 22.6 Å². The van der Waals surface area contributed by atoms with E-state index in [1.807, 2.05) is 29.6 Å². The number of benzene rings is 2. The van der Waals surface area contributed by atoms with Crippen molar-refractivity contribution in [2.75, 3.05) is 7.11 Å². The van der Waals surface area contributed by atoms with E-state index in [1.165, 1.54) is 23.5 Å². The van der Waals surface area contributed by atoms with Crippen LogP contribution in [0.3, 0.4) is 0 Å². The van der Waals surface area contributed by atoms with E-state index in [9.17, 15) is 15.4 Å². The zero-order valence-corrected chi connectivity index (χ0v) is 15.7. The Morgan fingerprint density at radius 1 is 1.21 bits per heavy atom. The molecule has 0 N–H and O–H groups in total. The Hall–Kier alpha value is -3.76. The number of non-ortho nitro benzene ring substituents is 1. The first-order chi connectivity index (χ1) is 13.6. The molecule has 2 aromatic carbocycles. The smallest absolute Gasteiger partial charge is 0.269 e. The van der Waals surface area contributed by atoms with Crippen molar-refractivity contribution in [3.8, 4) is 23.1 Å². The number of hydrogen-bond acceptors (Lipinski definition) is 6. The second-order valence-electron chi connectivity index (χ2n) is 5.67. The first-order valence-electron chi connectivity index (χ1n) is 8.24. The number of aromatic nitrogens is 1. The maximum Gasteiger partial charge on any atom is 0.269 e. The molecule has 28 heavy (non-hydrogen) atoms. The summed E-state index contributed by atoms with van der Waals surface area (Å²) in [5.41, 5.74) is 3.03. The van der Waals surface area contributed by atoms with E-state index >= 15 is 0 Å². The summed E-state index contributed by atoms with van der Waals surface area (Å²) in [6, 6.07) is 15.9. The van der Waals surface area contributed by atoms with Crippen molar-refractivity contribution in [2.45, 2.75) is 0 Å². The molecule has 0 unspecified atom stereocenters. The van der Waals surface area contributed by atoms with Gasteiger partial charge in [0.25, 0.3) is 5.69 Å². The largest absolute Gasteiger partial charge is 0.497 e. The second-order valence-corrected chi connectivity index (χ2v) is 6.52. The van der Waals surface area contributed by atoms with Gasteiger partial charge in [0.05, 0.1) is 23.3 Å². The summed E-state index contributed by atoms with van der Waals surface area (Å²) in [6.45, 7) is 0. The molecule has 1 heterocycles. The zero-order valence-electron chi connectivity index (χ0n) is 14.9. The van der Waals surface area contributed by atoms with Gasteiger partial charge in [0.1, 0.15) is 16.8 Å². The molecule has 0 fully saturated rings. The summed E-state index contributed by atoms with van der Waals surface area (Å²) in [5.74, 6) is 0.771. The summed E-state index contributed by atoms with van der Waals surface area (Å²) >= 11 is 1.40. The fraction of sp³-hybridized carbons (Fsp3) is 0.0476. The number of methoxy groups -OCH3 is 1. The highest BCUT2D eigenvalue weighted by Gasteiger charge is 2.08. The van der Waals surface area contributed by atoms with Gasteiger partial charge in [0.15, 0.2) is 0 Å². The number of nitriles is 1. The molecule has 138 valence electrons. The van der Waals surface area contributed by atoms with Gasteiger partial charge in [-0.15, -0.1) is 11.3 Å². The molecule has 3 rings (SSSR count). The average molecular weight is 389 g/mol. The van der Waals surface area contributed by atoms with E-state index in [-0.39, 0.29) is 5.69 Å². The van der Waals surface area contributed by atoms with Crippen molar-refractivity contribution in [1.82, 2.24) is 4.98 Å². The summed E-state index contributed by atoms with van der Waals surface area (Å²) < 4.78 is 5.15. The molecule has 3 aromatic rings. The van der Waals surface area contributed by atoms with Gasteiger partial charge in [-0.05, 0) is 48.0 Å². The van der Waals surface area contributed by atoms with Gasteiger partial charge < -0.3 is 4.74 Å². The quantitative estimate of drug-likeness (QED) is 0.245. The second kappa shape index (κ2) is 8.75. The number of nitro groups is 1. The van der Waals surface area contributed by atoms with Crippen LogP contribution in [0, 0.1) is 21.4 Å². The van der Waals surface area contributed by atoms with Gasteiger partial charge >= 0.3 is 0 Å². The topological polar surface area (TPSA) is 89.0 Å². The molecule has 0 saturated carbocycles. The lowest BCUT2D eigenvalue weighted by atomic mass is 10.1. The molecule has 0 saturated heterocycles. The van der Waals surface area contributed by atoms with Gasteiger partial charge in [-0.1, -0.05) is 12.2 Å². The molecule has 0 bridgehead atoms. The molecular formula is C21H15N3O3S. The van der Waals surface area contributed by atoms with Crippen LogP contribution in [0.15, 0.2) is 66.1 Å². The van der Waals surface area contributed by atoms with Gasteiger partial charge in [-0.3, -0.25) is 10.1 Å². The fourth-order valence-electron chi connectivity index (χ4n) is 2.41. The minimum absolute atomic E-state index is 0.0410. The average Bonchev–Trinajstić information content (AvgIpc) is 3.21. The molecule has 0 spiro atoms. The van der Waals surface area contributed by atoms with Crippen molar-refractivity contribution in [1.29, 1.82) is 5.26 Å². The highest BCUT2D eigenvalue weighted by atomic mass is 32.1. The molecule has 1 aromatic heterocycles. The lowest BCUT2D eigenvalue weighted by Gasteiger charge is -2.00. The Bertz CT molecular complexity index is 1080. The lowest BCUT2D eigenvalue weighted by Crippen LogP contribution is -1.86. The van der Waals surface area contributed by atoms with Gasteiger partial charge in [0.2, 0.25) is 0 Å². The Morgan fingerprint density at radius 3 is 2.54 bits per heavy atom. The minimum Gasteiger partial charge on any atom is -0.497 e. The third kappa shape index (κ3) is 4.50. The highest BCUT2D eigenvalue weighted by Crippen LogP contribution is 2.27. The number of thiazole rings is 1. The number of nitro benzene ring substituents is 1. The predicted molar refractivity (Wildman–Crippen MR) is 110 cm³/mol. The van der Waals surface area contributed by atoms with E-state index in [0.29, 0.717) is 10.6 Å². The molecule has 0 aliphatic heterocycles. The number of nitrogens with zero attached hydrogens (tertiary/aromatic N) is 3. The van der Waals surface area contributed by atoms with E-state index < -0.39 is 4.92 Å². The van der Waals surface area contributed by atoms with Crippen LogP contribution in [0.2, 0.25) is 0 Å². The van der Waals surface area contributed by atoms with E-state index in [4.69, 9.17) is 4.74 Å². The first-order valence-corrected chi connectivity index (χ1v) is 9.12. The molecule has 0 aliphatic carbocycles. The molecule has 0 amide bonds. The molecule has 6 nitrogen and oxygen atoms in total. The standard InChI is InChI=1S/C21H15N3O3S/c1-27-19-11-7-16(8-12-19)20-14-28-21(23-20)17(13-22)4-2-3-15-5-9-18(10-6-15)24(25)26/h2-12,14H,1H3/b3-2-,17-4-.